The van der Waals surface area contributed by atoms with Crippen molar-refractivity contribution in [3.05, 3.63) is 52.0 Å². The number of urea groups is 1. The molecule has 0 aliphatic carbocycles. The molecular formula is C17H21N3OS. The highest BCUT2D eigenvalue weighted by Crippen LogP contribution is 2.20. The van der Waals surface area contributed by atoms with Gasteiger partial charge in [0.05, 0.1) is 6.04 Å². The molecule has 1 aliphatic rings. The average molecular weight is 315 g/mol. The lowest BCUT2D eigenvalue weighted by Gasteiger charge is -2.24. The Balaban J connectivity index is 1.64. The summed E-state index contributed by atoms with van der Waals surface area (Å²) in [5.74, 6) is 0. The van der Waals surface area contributed by atoms with Gasteiger partial charge in [0.15, 0.2) is 0 Å². The van der Waals surface area contributed by atoms with E-state index in [1.165, 1.54) is 11.1 Å². The van der Waals surface area contributed by atoms with Crippen LogP contribution in [0.15, 0.2) is 35.8 Å². The van der Waals surface area contributed by atoms with Gasteiger partial charge in [-0.05, 0) is 30.4 Å². The molecule has 4 nitrogen and oxygen atoms in total. The monoisotopic (exact) mass is 315 g/mol. The van der Waals surface area contributed by atoms with Gasteiger partial charge in [-0.25, -0.2) is 9.78 Å². The van der Waals surface area contributed by atoms with Gasteiger partial charge in [0.2, 0.25) is 0 Å². The van der Waals surface area contributed by atoms with Gasteiger partial charge in [-0.3, -0.25) is 0 Å². The lowest BCUT2D eigenvalue weighted by atomic mass is 10.0. The fourth-order valence-electron chi connectivity index (χ4n) is 2.86. The van der Waals surface area contributed by atoms with Gasteiger partial charge in [-0.15, -0.1) is 11.3 Å². The van der Waals surface area contributed by atoms with Gasteiger partial charge in [0.1, 0.15) is 5.01 Å². The van der Waals surface area contributed by atoms with Gasteiger partial charge in [0.25, 0.3) is 0 Å². The van der Waals surface area contributed by atoms with Crippen molar-refractivity contribution in [1.82, 2.24) is 15.2 Å². The first kappa shape index (κ1) is 15.0. The molecule has 22 heavy (non-hydrogen) atoms. The number of benzene rings is 1. The molecule has 1 atom stereocenters. The molecule has 1 aromatic heterocycles. The van der Waals surface area contributed by atoms with Crippen LogP contribution in [0, 0.1) is 0 Å². The van der Waals surface area contributed by atoms with E-state index in [9.17, 15) is 4.79 Å². The molecule has 1 unspecified atom stereocenters. The largest absolute Gasteiger partial charge is 0.329 e. The molecule has 5 heteroatoms. The van der Waals surface area contributed by atoms with Crippen LogP contribution < -0.4 is 5.32 Å². The number of nitrogens with zero attached hydrogens (tertiary/aromatic N) is 2. The standard InChI is InChI=1S/C17H21N3OS/c1-2-15(16-18-9-12-22-16)19-17(21)20-10-7-13-5-3-4-6-14(13)8-11-20/h3-6,9,12,15H,2,7-8,10-11H2,1H3,(H,19,21). The number of aromatic nitrogens is 1. The first-order valence-electron chi connectivity index (χ1n) is 7.79. The zero-order valence-corrected chi connectivity index (χ0v) is 13.6. The van der Waals surface area contributed by atoms with Crippen molar-refractivity contribution in [2.24, 2.45) is 0 Å². The summed E-state index contributed by atoms with van der Waals surface area (Å²) in [6, 6.07) is 8.52. The number of hydrogen-bond donors (Lipinski definition) is 1. The van der Waals surface area contributed by atoms with Crippen LogP contribution in [0.1, 0.15) is 35.5 Å². The van der Waals surface area contributed by atoms with Crippen LogP contribution in [0.5, 0.6) is 0 Å². The van der Waals surface area contributed by atoms with E-state index in [2.05, 4.69) is 41.5 Å². The molecule has 2 aromatic rings. The highest BCUT2D eigenvalue weighted by Gasteiger charge is 2.21. The van der Waals surface area contributed by atoms with E-state index in [4.69, 9.17) is 0 Å². The number of thiazole rings is 1. The molecule has 0 radical (unpaired) electrons. The molecule has 0 saturated carbocycles. The Morgan fingerprint density at radius 3 is 2.55 bits per heavy atom. The van der Waals surface area contributed by atoms with Crippen molar-refractivity contribution in [3.8, 4) is 0 Å². The third kappa shape index (κ3) is 3.30. The second-order valence-corrected chi connectivity index (χ2v) is 6.46. The number of carbonyl (C=O) groups is 1. The molecule has 0 saturated heterocycles. The van der Waals surface area contributed by atoms with Crippen molar-refractivity contribution in [1.29, 1.82) is 0 Å². The topological polar surface area (TPSA) is 45.2 Å². The summed E-state index contributed by atoms with van der Waals surface area (Å²) >= 11 is 1.59. The third-order valence-corrected chi connectivity index (χ3v) is 5.05. The minimum atomic E-state index is 0.0122. The summed E-state index contributed by atoms with van der Waals surface area (Å²) in [6.45, 7) is 3.62. The molecule has 0 spiro atoms. The van der Waals surface area contributed by atoms with Gasteiger partial charge in [-0.2, -0.15) is 0 Å². The lowest BCUT2D eigenvalue weighted by Crippen LogP contribution is -2.42. The van der Waals surface area contributed by atoms with E-state index in [0.29, 0.717) is 0 Å². The quantitative estimate of drug-likeness (QED) is 0.943. The van der Waals surface area contributed by atoms with Crippen molar-refractivity contribution in [2.45, 2.75) is 32.2 Å². The molecule has 1 aromatic carbocycles. The smallest absolute Gasteiger partial charge is 0.317 e. The van der Waals surface area contributed by atoms with Gasteiger partial charge in [0, 0.05) is 24.7 Å². The van der Waals surface area contributed by atoms with Crippen LogP contribution in [0.25, 0.3) is 0 Å². The maximum absolute atomic E-state index is 12.6. The normalized spacial score (nSPS) is 15.8. The van der Waals surface area contributed by atoms with Crippen molar-refractivity contribution < 1.29 is 4.79 Å². The second kappa shape index (κ2) is 6.92. The first-order valence-corrected chi connectivity index (χ1v) is 8.67. The number of carbonyl (C=O) groups excluding carboxylic acids is 1. The van der Waals surface area contributed by atoms with Gasteiger partial charge < -0.3 is 10.2 Å². The van der Waals surface area contributed by atoms with Crippen molar-refractivity contribution >= 4 is 17.4 Å². The Bertz CT molecular complexity index is 600. The second-order valence-electron chi connectivity index (χ2n) is 5.54. The maximum atomic E-state index is 12.6. The summed E-state index contributed by atoms with van der Waals surface area (Å²) in [7, 11) is 0. The van der Waals surface area contributed by atoms with Crippen LogP contribution in [0.3, 0.4) is 0 Å². The summed E-state index contributed by atoms with van der Waals surface area (Å²) in [4.78, 5) is 18.8. The third-order valence-electron chi connectivity index (χ3n) is 4.16. The van der Waals surface area contributed by atoms with Gasteiger partial charge in [-0.1, -0.05) is 31.2 Å². The molecule has 0 bridgehead atoms. The zero-order valence-electron chi connectivity index (χ0n) is 12.8. The van der Waals surface area contributed by atoms with E-state index < -0.39 is 0 Å². The molecule has 1 aliphatic heterocycles. The highest BCUT2D eigenvalue weighted by atomic mass is 32.1. The summed E-state index contributed by atoms with van der Waals surface area (Å²) < 4.78 is 0. The fourth-order valence-corrected chi connectivity index (χ4v) is 3.63. The van der Waals surface area contributed by atoms with Crippen LogP contribution in [-0.4, -0.2) is 29.0 Å². The molecule has 1 N–H and O–H groups in total. The van der Waals surface area contributed by atoms with Gasteiger partial charge >= 0.3 is 6.03 Å². The predicted molar refractivity (Wildman–Crippen MR) is 89.1 cm³/mol. The Morgan fingerprint density at radius 2 is 2.00 bits per heavy atom. The summed E-state index contributed by atoms with van der Waals surface area (Å²) in [5.41, 5.74) is 2.73. The average Bonchev–Trinajstić information content (AvgIpc) is 2.99. The molecule has 116 valence electrons. The Labute approximate surface area is 135 Å². The van der Waals surface area contributed by atoms with E-state index in [1.807, 2.05) is 10.3 Å². The van der Waals surface area contributed by atoms with Crippen molar-refractivity contribution in [2.75, 3.05) is 13.1 Å². The number of amides is 2. The van der Waals surface area contributed by atoms with E-state index >= 15 is 0 Å². The highest BCUT2D eigenvalue weighted by molar-refractivity contribution is 7.09. The molecular weight excluding hydrogens is 294 g/mol. The summed E-state index contributed by atoms with van der Waals surface area (Å²) in [6.07, 6.45) is 4.50. The van der Waals surface area contributed by atoms with Crippen LogP contribution >= 0.6 is 11.3 Å². The number of hydrogen-bond acceptors (Lipinski definition) is 3. The number of nitrogens with one attached hydrogen (secondary N) is 1. The summed E-state index contributed by atoms with van der Waals surface area (Å²) in [5, 5.41) is 6.06. The van der Waals surface area contributed by atoms with E-state index in [1.54, 1.807) is 17.5 Å². The number of fused-ring (bicyclic) bond motifs is 1. The fraction of sp³-hybridized carbons (Fsp3) is 0.412. The Hall–Kier alpha value is -1.88. The first-order chi connectivity index (χ1) is 10.8. The lowest BCUT2D eigenvalue weighted by molar-refractivity contribution is 0.195. The molecule has 2 amide bonds. The minimum Gasteiger partial charge on any atom is -0.329 e. The molecule has 3 rings (SSSR count). The minimum absolute atomic E-state index is 0.0122. The predicted octanol–water partition coefficient (Wildman–Crippen LogP) is 3.40. The molecule has 2 heterocycles. The Morgan fingerprint density at radius 1 is 1.32 bits per heavy atom. The number of rotatable bonds is 3. The van der Waals surface area contributed by atoms with Crippen molar-refractivity contribution in [3.63, 3.8) is 0 Å². The van der Waals surface area contributed by atoms with E-state index in [0.717, 1.165) is 37.4 Å². The van der Waals surface area contributed by atoms with Crippen LogP contribution in [0.4, 0.5) is 4.79 Å². The SMILES string of the molecule is CCC(NC(=O)N1CCc2ccccc2CC1)c1nccs1. The zero-order chi connectivity index (χ0) is 15.4. The van der Waals surface area contributed by atoms with Crippen LogP contribution in [-0.2, 0) is 12.8 Å². The maximum Gasteiger partial charge on any atom is 0.317 e. The molecule has 0 fully saturated rings. The Kier molecular flexibility index (Phi) is 4.73. The van der Waals surface area contributed by atoms with E-state index in [-0.39, 0.29) is 12.1 Å². The van der Waals surface area contributed by atoms with Crippen LogP contribution in [0.2, 0.25) is 0 Å².